The molecule has 0 aliphatic rings. The van der Waals surface area contributed by atoms with Crippen molar-refractivity contribution in [2.24, 2.45) is 0 Å². The van der Waals surface area contributed by atoms with Gasteiger partial charge in [-0.1, -0.05) is 0 Å². The second-order valence-electron chi connectivity index (χ2n) is 3.68. The molecule has 0 saturated carbocycles. The number of benzene rings is 2. The zero-order valence-electron chi connectivity index (χ0n) is 8.83. The molecule has 2 aromatic carbocycles. The summed E-state index contributed by atoms with van der Waals surface area (Å²) in [5.74, 6) is 0.0767. The van der Waals surface area contributed by atoms with Crippen LogP contribution in [0, 0.1) is 0 Å². The molecule has 1 aromatic heterocycles. The molecule has 3 aromatic rings. The van der Waals surface area contributed by atoms with Gasteiger partial charge in [0.25, 0.3) is 0 Å². The van der Waals surface area contributed by atoms with E-state index in [4.69, 9.17) is 0 Å². The molecule has 0 aliphatic carbocycles. The van der Waals surface area contributed by atoms with E-state index in [1.165, 1.54) is 0 Å². The van der Waals surface area contributed by atoms with Crippen LogP contribution in [0.2, 0.25) is 0 Å². The van der Waals surface area contributed by atoms with Crippen molar-refractivity contribution in [1.82, 2.24) is 3.56 Å². The number of hydrogen-bond acceptors (Lipinski definition) is 2. The van der Waals surface area contributed by atoms with Gasteiger partial charge >= 0.3 is 103 Å². The maximum absolute atomic E-state index is 12.2. The van der Waals surface area contributed by atoms with Crippen molar-refractivity contribution in [3.63, 3.8) is 0 Å². The van der Waals surface area contributed by atoms with E-state index in [0.29, 0.717) is 5.39 Å². The Morgan fingerprint density at radius 1 is 1.00 bits per heavy atom. The van der Waals surface area contributed by atoms with Crippen LogP contribution in [-0.4, -0.2) is 23.4 Å². The van der Waals surface area contributed by atoms with Crippen LogP contribution in [-0.2, 0) is 0 Å². The topological polar surface area (TPSA) is 42.2 Å². The number of aromatic nitrogens is 1. The fourth-order valence-corrected chi connectivity index (χ4v) is 3.93. The van der Waals surface area contributed by atoms with Gasteiger partial charge in [0.05, 0.1) is 0 Å². The number of fused-ring (bicyclic) bond motifs is 1. The first-order chi connectivity index (χ1) is 8.27. The number of phenols is 1. The Hall–Kier alpha value is -1.77. The minimum absolute atomic E-state index is 0.0767. The van der Waals surface area contributed by atoms with E-state index in [-0.39, 0.29) is 26.0 Å². The van der Waals surface area contributed by atoms with Crippen molar-refractivity contribution < 1.29 is 5.11 Å². The predicted molar refractivity (Wildman–Crippen MR) is 68.1 cm³/mol. The summed E-state index contributed by atoms with van der Waals surface area (Å²) in [5, 5.41) is 10.2. The molecule has 3 rings (SSSR count). The number of para-hydroxylation sites is 1. The number of hydrogen-bond donors (Lipinski definition) is 1. The maximum atomic E-state index is 12.2. The van der Waals surface area contributed by atoms with Gasteiger partial charge in [0, 0.05) is 0 Å². The molecule has 0 aliphatic heterocycles. The molecular formula is C13H9NO2Se. The fraction of sp³-hybridized carbons (Fsp3) is 0. The van der Waals surface area contributed by atoms with E-state index in [0.717, 1.165) is 9.95 Å². The van der Waals surface area contributed by atoms with E-state index in [2.05, 4.69) is 0 Å². The quantitative estimate of drug-likeness (QED) is 0.694. The van der Waals surface area contributed by atoms with Crippen LogP contribution in [0.4, 0.5) is 0 Å². The Bertz CT molecular complexity index is 728. The number of aromatic hydroxyl groups is 1. The summed E-state index contributed by atoms with van der Waals surface area (Å²) in [6.45, 7) is 0. The number of rotatable bonds is 1. The molecule has 0 amide bonds. The van der Waals surface area contributed by atoms with Crippen LogP contribution in [0.1, 0.15) is 0 Å². The van der Waals surface area contributed by atoms with Gasteiger partial charge in [0.1, 0.15) is 0 Å². The fourth-order valence-electron chi connectivity index (χ4n) is 1.79. The summed E-state index contributed by atoms with van der Waals surface area (Å²) in [7, 11) is 0. The Morgan fingerprint density at radius 2 is 1.76 bits per heavy atom. The summed E-state index contributed by atoms with van der Waals surface area (Å²) in [6, 6.07) is 14.8. The van der Waals surface area contributed by atoms with Gasteiger partial charge in [-0.05, 0) is 0 Å². The first-order valence-corrected chi connectivity index (χ1v) is 6.79. The SMILES string of the molecule is O=c1c2c(O)cccc2[se]n1-c1ccccc1. The van der Waals surface area contributed by atoms with Crippen LogP contribution < -0.4 is 5.56 Å². The molecule has 0 bridgehead atoms. The molecule has 0 radical (unpaired) electrons. The van der Waals surface area contributed by atoms with Crippen molar-refractivity contribution in [3.8, 4) is 11.4 Å². The monoisotopic (exact) mass is 291 g/mol. The third-order valence-electron chi connectivity index (χ3n) is 2.58. The first-order valence-electron chi connectivity index (χ1n) is 5.17. The Morgan fingerprint density at radius 3 is 2.47 bits per heavy atom. The third-order valence-corrected chi connectivity index (χ3v) is 4.88. The molecule has 84 valence electrons. The van der Waals surface area contributed by atoms with E-state index < -0.39 is 0 Å². The van der Waals surface area contributed by atoms with Crippen molar-refractivity contribution in [1.29, 1.82) is 0 Å². The minimum atomic E-state index is -0.107. The molecule has 0 unspecified atom stereocenters. The van der Waals surface area contributed by atoms with Gasteiger partial charge < -0.3 is 0 Å². The average molecular weight is 290 g/mol. The average Bonchev–Trinajstić information content (AvgIpc) is 2.69. The van der Waals surface area contributed by atoms with Crippen LogP contribution in [0.5, 0.6) is 5.75 Å². The van der Waals surface area contributed by atoms with Gasteiger partial charge in [-0.2, -0.15) is 0 Å². The van der Waals surface area contributed by atoms with Gasteiger partial charge in [-0.25, -0.2) is 0 Å². The van der Waals surface area contributed by atoms with Crippen LogP contribution in [0.15, 0.2) is 53.3 Å². The first kappa shape index (κ1) is 10.4. The van der Waals surface area contributed by atoms with Gasteiger partial charge in [-0.15, -0.1) is 0 Å². The van der Waals surface area contributed by atoms with E-state index in [9.17, 15) is 9.90 Å². The molecule has 0 fully saturated rings. The zero-order valence-corrected chi connectivity index (χ0v) is 10.5. The van der Waals surface area contributed by atoms with E-state index in [1.807, 2.05) is 36.4 Å². The second-order valence-corrected chi connectivity index (χ2v) is 5.75. The molecule has 1 heterocycles. The zero-order chi connectivity index (χ0) is 11.8. The molecule has 0 saturated heterocycles. The summed E-state index contributed by atoms with van der Waals surface area (Å²) < 4.78 is 2.67. The van der Waals surface area contributed by atoms with Crippen LogP contribution in [0.3, 0.4) is 0 Å². The third kappa shape index (κ3) is 1.62. The summed E-state index contributed by atoms with van der Waals surface area (Å²) in [6.07, 6.45) is 0. The number of nitrogens with zero attached hydrogens (tertiary/aromatic N) is 1. The van der Waals surface area contributed by atoms with Crippen molar-refractivity contribution >= 4 is 24.4 Å². The van der Waals surface area contributed by atoms with E-state index in [1.54, 1.807) is 15.7 Å². The van der Waals surface area contributed by atoms with Crippen LogP contribution >= 0.6 is 0 Å². The summed E-state index contributed by atoms with van der Waals surface area (Å²) in [5.41, 5.74) is 0.775. The summed E-state index contributed by atoms with van der Waals surface area (Å²) in [4.78, 5) is 12.2. The Kier molecular flexibility index (Phi) is 2.39. The normalized spacial score (nSPS) is 10.8. The predicted octanol–water partition coefficient (Wildman–Crippen LogP) is 1.75. The van der Waals surface area contributed by atoms with Crippen LogP contribution in [0.25, 0.3) is 15.3 Å². The molecule has 4 heteroatoms. The Balaban J connectivity index is 2.37. The van der Waals surface area contributed by atoms with Crippen molar-refractivity contribution in [3.05, 3.63) is 58.9 Å². The second kappa shape index (κ2) is 3.91. The van der Waals surface area contributed by atoms with Crippen molar-refractivity contribution in [2.45, 2.75) is 0 Å². The van der Waals surface area contributed by atoms with Crippen molar-refractivity contribution in [2.75, 3.05) is 0 Å². The molecule has 3 nitrogen and oxygen atoms in total. The standard InChI is InChI=1S/C13H9NO2Se/c15-10-7-4-8-11-12(10)13(16)14(17-11)9-5-2-1-3-6-9/h1-8,15H. The Labute approximate surface area is 104 Å². The molecule has 0 atom stereocenters. The summed E-state index contributed by atoms with van der Waals surface area (Å²) >= 11 is -0.0908. The van der Waals surface area contributed by atoms with E-state index >= 15 is 0 Å². The van der Waals surface area contributed by atoms with Gasteiger partial charge in [0.15, 0.2) is 0 Å². The number of phenolic OH excluding ortho intramolecular Hbond substituents is 1. The molecule has 1 N–H and O–H groups in total. The molecular weight excluding hydrogens is 281 g/mol. The molecule has 17 heavy (non-hydrogen) atoms. The molecule has 0 spiro atoms. The van der Waals surface area contributed by atoms with Gasteiger partial charge in [-0.3, -0.25) is 0 Å². The van der Waals surface area contributed by atoms with Gasteiger partial charge in [0.2, 0.25) is 0 Å².